The number of carbonyl (C=O) groups excluding carboxylic acids is 1. The lowest BCUT2D eigenvalue weighted by Crippen LogP contribution is -2.41. The number of fused-ring (bicyclic) bond motifs is 1. The second-order valence-electron chi connectivity index (χ2n) is 8.52. The summed E-state index contributed by atoms with van der Waals surface area (Å²) >= 11 is 1.58. The third kappa shape index (κ3) is 2.66. The molecule has 5 heteroatoms. The van der Waals surface area contributed by atoms with E-state index >= 15 is 0 Å². The average molecular weight is 361 g/mol. The van der Waals surface area contributed by atoms with Crippen molar-refractivity contribution in [2.24, 2.45) is 11.8 Å². The Kier molecular flexibility index (Phi) is 3.95. The van der Waals surface area contributed by atoms with Gasteiger partial charge in [-0.15, -0.1) is 11.3 Å². The van der Waals surface area contributed by atoms with E-state index in [2.05, 4.69) is 10.2 Å². The van der Waals surface area contributed by atoms with Gasteiger partial charge in [0.05, 0.1) is 16.6 Å². The lowest BCUT2D eigenvalue weighted by molar-refractivity contribution is -0.000873. The maximum atomic E-state index is 12.4. The van der Waals surface area contributed by atoms with Crippen molar-refractivity contribution in [3.8, 4) is 0 Å². The monoisotopic (exact) mass is 360 g/mol. The molecule has 1 aromatic heterocycles. The molecule has 136 valence electrons. The highest BCUT2D eigenvalue weighted by Gasteiger charge is 2.63. The Labute approximate surface area is 153 Å². The Morgan fingerprint density at radius 3 is 2.96 bits per heavy atom. The molecule has 1 N–H and O–H groups in total. The molecule has 4 atom stereocenters. The number of hydrogen-bond donors (Lipinski definition) is 1. The highest BCUT2D eigenvalue weighted by Crippen LogP contribution is 2.55. The Bertz CT molecular complexity index is 668. The van der Waals surface area contributed by atoms with Crippen LogP contribution < -0.4 is 5.32 Å². The van der Waals surface area contributed by atoms with Gasteiger partial charge in [-0.05, 0) is 44.7 Å². The minimum absolute atomic E-state index is 0.0839. The summed E-state index contributed by atoms with van der Waals surface area (Å²) in [6, 6.07) is 4.74. The summed E-state index contributed by atoms with van der Waals surface area (Å²) in [5, 5.41) is 3.21. The zero-order chi connectivity index (χ0) is 17.0. The Morgan fingerprint density at radius 2 is 2.20 bits per heavy atom. The van der Waals surface area contributed by atoms with E-state index in [-0.39, 0.29) is 11.5 Å². The van der Waals surface area contributed by atoms with Crippen molar-refractivity contribution in [1.82, 2.24) is 10.2 Å². The van der Waals surface area contributed by atoms with Gasteiger partial charge in [-0.1, -0.05) is 12.8 Å². The predicted octanol–water partition coefficient (Wildman–Crippen LogP) is 3.21. The van der Waals surface area contributed by atoms with Crippen molar-refractivity contribution in [2.45, 2.75) is 63.2 Å². The summed E-state index contributed by atoms with van der Waals surface area (Å²) < 4.78 is 6.54. The van der Waals surface area contributed by atoms with Crippen molar-refractivity contribution in [3.05, 3.63) is 21.9 Å². The molecule has 4 nitrogen and oxygen atoms in total. The van der Waals surface area contributed by atoms with Crippen LogP contribution in [0.3, 0.4) is 0 Å². The van der Waals surface area contributed by atoms with Crippen LogP contribution in [0.1, 0.15) is 53.1 Å². The zero-order valence-electron chi connectivity index (χ0n) is 15.0. The zero-order valence-corrected chi connectivity index (χ0v) is 15.8. The first kappa shape index (κ1) is 16.3. The van der Waals surface area contributed by atoms with Crippen molar-refractivity contribution in [2.75, 3.05) is 19.6 Å². The van der Waals surface area contributed by atoms with Crippen molar-refractivity contribution < 1.29 is 9.53 Å². The van der Waals surface area contributed by atoms with Crippen LogP contribution in [0.2, 0.25) is 0 Å². The average Bonchev–Trinajstić information content (AvgIpc) is 3.37. The van der Waals surface area contributed by atoms with Gasteiger partial charge >= 0.3 is 0 Å². The van der Waals surface area contributed by atoms with E-state index in [4.69, 9.17) is 4.74 Å². The molecular formula is C20H28N2O2S. The van der Waals surface area contributed by atoms with Crippen molar-refractivity contribution >= 4 is 17.2 Å². The first-order chi connectivity index (χ1) is 12.1. The van der Waals surface area contributed by atoms with Crippen LogP contribution in [0, 0.1) is 18.8 Å². The Balaban J connectivity index is 1.26. The molecule has 4 fully saturated rings. The molecule has 3 saturated heterocycles. The maximum Gasteiger partial charge on any atom is 0.261 e. The molecule has 1 spiro atoms. The number of carbonyl (C=O) groups is 1. The standard InChI is InChI=1S/C20H28N2O2S/c1-13-6-7-18(25-13)19(23)21-10-15-16-11-22(14-4-2-3-5-14)12-20(16)9-8-17(15)24-20/h6-7,14-17H,2-5,8-12H2,1H3,(H,21,23)/t15-,16+,17+,20+/m0/s1. The SMILES string of the molecule is Cc1ccc(C(=O)NC[C@H]2[C@H]3CN(C4CCCC4)C[C@]34CC[C@H]2O4)s1. The number of nitrogens with zero attached hydrogens (tertiary/aromatic N) is 1. The first-order valence-electron chi connectivity index (χ1n) is 9.91. The number of rotatable bonds is 4. The Hall–Kier alpha value is -0.910. The van der Waals surface area contributed by atoms with Crippen molar-refractivity contribution in [3.63, 3.8) is 0 Å². The van der Waals surface area contributed by atoms with Crippen LogP contribution in [0.5, 0.6) is 0 Å². The van der Waals surface area contributed by atoms with Gasteiger partial charge in [-0.3, -0.25) is 9.69 Å². The maximum absolute atomic E-state index is 12.4. The molecular weight excluding hydrogens is 332 g/mol. The van der Waals surface area contributed by atoms with Gasteiger partial charge in [0.1, 0.15) is 0 Å². The largest absolute Gasteiger partial charge is 0.370 e. The third-order valence-corrected chi connectivity index (χ3v) is 8.11. The molecule has 1 saturated carbocycles. The molecule has 1 aromatic rings. The van der Waals surface area contributed by atoms with E-state index in [1.165, 1.54) is 49.9 Å². The second-order valence-corrected chi connectivity index (χ2v) is 9.81. The van der Waals surface area contributed by atoms with E-state index in [0.717, 1.165) is 24.0 Å². The fourth-order valence-corrected chi connectivity index (χ4v) is 6.69. The van der Waals surface area contributed by atoms with Crippen LogP contribution in [-0.4, -0.2) is 48.2 Å². The minimum atomic E-state index is 0.0839. The minimum Gasteiger partial charge on any atom is -0.370 e. The summed E-state index contributed by atoms with van der Waals surface area (Å²) in [4.78, 5) is 17.2. The smallest absolute Gasteiger partial charge is 0.261 e. The number of likely N-dealkylation sites (tertiary alicyclic amines) is 1. The second kappa shape index (κ2) is 6.07. The normalized spacial score (nSPS) is 37.7. The predicted molar refractivity (Wildman–Crippen MR) is 99.0 cm³/mol. The van der Waals surface area contributed by atoms with Gasteiger partial charge in [0.25, 0.3) is 5.91 Å². The van der Waals surface area contributed by atoms with E-state index in [1.54, 1.807) is 11.3 Å². The molecule has 0 aromatic carbocycles. The molecule has 5 rings (SSSR count). The van der Waals surface area contributed by atoms with E-state index in [1.807, 2.05) is 19.1 Å². The van der Waals surface area contributed by atoms with Gasteiger partial charge in [-0.25, -0.2) is 0 Å². The van der Waals surface area contributed by atoms with Gasteiger partial charge in [0.2, 0.25) is 0 Å². The highest BCUT2D eigenvalue weighted by molar-refractivity contribution is 7.13. The van der Waals surface area contributed by atoms with Crippen LogP contribution in [-0.2, 0) is 4.74 Å². The topological polar surface area (TPSA) is 41.6 Å². The summed E-state index contributed by atoms with van der Waals surface area (Å²) in [6.07, 6.45) is 8.27. The first-order valence-corrected chi connectivity index (χ1v) is 10.7. The molecule has 0 radical (unpaired) electrons. The van der Waals surface area contributed by atoms with Crippen LogP contribution >= 0.6 is 11.3 Å². The van der Waals surface area contributed by atoms with E-state index in [9.17, 15) is 4.79 Å². The van der Waals surface area contributed by atoms with Crippen LogP contribution in [0.4, 0.5) is 0 Å². The number of amides is 1. The summed E-state index contributed by atoms with van der Waals surface area (Å²) in [6.45, 7) is 5.13. The van der Waals surface area contributed by atoms with Crippen LogP contribution in [0.15, 0.2) is 12.1 Å². The lowest BCUT2D eigenvalue weighted by Gasteiger charge is -2.29. The molecule has 25 heavy (non-hydrogen) atoms. The van der Waals surface area contributed by atoms with Gasteiger partial charge in [0.15, 0.2) is 0 Å². The summed E-state index contributed by atoms with van der Waals surface area (Å²) in [5.74, 6) is 1.18. The number of nitrogens with one attached hydrogen (secondary N) is 1. The number of aryl methyl sites for hydroxylation is 1. The molecule has 4 heterocycles. The number of thiophene rings is 1. The summed E-state index contributed by atoms with van der Waals surface area (Å²) in [7, 11) is 0. The number of ether oxygens (including phenoxy) is 1. The Morgan fingerprint density at radius 1 is 1.36 bits per heavy atom. The fraction of sp³-hybridized carbons (Fsp3) is 0.750. The van der Waals surface area contributed by atoms with Gasteiger partial charge in [-0.2, -0.15) is 0 Å². The molecule has 2 bridgehead atoms. The molecule has 1 aliphatic carbocycles. The number of hydrogen-bond acceptors (Lipinski definition) is 4. The highest BCUT2D eigenvalue weighted by atomic mass is 32.1. The van der Waals surface area contributed by atoms with Gasteiger partial charge < -0.3 is 10.1 Å². The fourth-order valence-electron chi connectivity index (χ4n) is 5.90. The summed E-state index contributed by atoms with van der Waals surface area (Å²) in [5.41, 5.74) is 0.0994. The molecule has 0 unspecified atom stereocenters. The van der Waals surface area contributed by atoms with Crippen molar-refractivity contribution in [1.29, 1.82) is 0 Å². The van der Waals surface area contributed by atoms with Crippen LogP contribution in [0.25, 0.3) is 0 Å². The van der Waals surface area contributed by atoms with E-state index < -0.39 is 0 Å². The molecule has 1 amide bonds. The van der Waals surface area contributed by atoms with E-state index in [0.29, 0.717) is 17.9 Å². The molecule has 3 aliphatic heterocycles. The quantitative estimate of drug-likeness (QED) is 0.896. The lowest BCUT2D eigenvalue weighted by atomic mass is 9.73. The molecule has 4 aliphatic rings. The third-order valence-electron chi connectivity index (χ3n) is 7.11. The van der Waals surface area contributed by atoms with Gasteiger partial charge in [0, 0.05) is 42.4 Å².